The van der Waals surface area contributed by atoms with Gasteiger partial charge in [0, 0.05) is 22.7 Å². The number of hydrogen-bond donors (Lipinski definition) is 0. The molecule has 2 aliphatic heterocycles. The van der Waals surface area contributed by atoms with Crippen molar-refractivity contribution in [2.45, 2.75) is 18.0 Å². The SMILES string of the molecule is COc1ccc([C@@H]2[C@@H](C(=O)c3ccccc3F)N3c4ccccc4C=C[C@H]3C23C(=O)c2ccccc2C3=O)cc1. The van der Waals surface area contributed by atoms with Crippen LogP contribution in [-0.4, -0.2) is 36.5 Å². The maximum atomic E-state index is 15.2. The Hall–Kier alpha value is -4.84. The Morgan fingerprint density at radius 1 is 0.825 bits per heavy atom. The van der Waals surface area contributed by atoms with Crippen molar-refractivity contribution < 1.29 is 23.5 Å². The molecule has 3 atom stereocenters. The van der Waals surface area contributed by atoms with Crippen molar-refractivity contribution >= 4 is 29.1 Å². The summed E-state index contributed by atoms with van der Waals surface area (Å²) in [6, 6.07) is 25.6. The Morgan fingerprint density at radius 3 is 2.12 bits per heavy atom. The highest BCUT2D eigenvalue weighted by molar-refractivity contribution is 6.32. The van der Waals surface area contributed by atoms with E-state index in [1.807, 2.05) is 41.3 Å². The quantitative estimate of drug-likeness (QED) is 0.234. The molecule has 196 valence electrons. The van der Waals surface area contributed by atoms with Crippen molar-refractivity contribution in [2.75, 3.05) is 12.0 Å². The normalized spacial score (nSPS) is 21.8. The number of nitrogens with zero attached hydrogens (tertiary/aromatic N) is 1. The molecule has 4 aromatic rings. The van der Waals surface area contributed by atoms with E-state index >= 15 is 4.39 Å². The summed E-state index contributed by atoms with van der Waals surface area (Å²) >= 11 is 0. The van der Waals surface area contributed by atoms with Crippen LogP contribution in [-0.2, 0) is 0 Å². The highest BCUT2D eigenvalue weighted by atomic mass is 19.1. The predicted molar refractivity (Wildman–Crippen MR) is 150 cm³/mol. The molecule has 0 bridgehead atoms. The fourth-order valence-corrected chi connectivity index (χ4v) is 6.92. The van der Waals surface area contributed by atoms with Crippen molar-refractivity contribution in [3.8, 4) is 5.75 Å². The molecule has 0 radical (unpaired) electrons. The number of carbonyl (C=O) groups is 3. The monoisotopic (exact) mass is 529 g/mol. The van der Waals surface area contributed by atoms with Crippen LogP contribution in [0.1, 0.15) is 48.1 Å². The zero-order valence-corrected chi connectivity index (χ0v) is 21.6. The number of ether oxygens (including phenoxy) is 1. The van der Waals surface area contributed by atoms with E-state index in [4.69, 9.17) is 4.74 Å². The molecule has 1 fully saturated rings. The van der Waals surface area contributed by atoms with Crippen LogP contribution in [0.4, 0.5) is 10.1 Å². The van der Waals surface area contributed by atoms with Crippen LogP contribution >= 0.6 is 0 Å². The molecule has 6 heteroatoms. The molecule has 1 aliphatic carbocycles. The number of para-hydroxylation sites is 1. The van der Waals surface area contributed by atoms with Crippen molar-refractivity contribution in [2.24, 2.45) is 5.41 Å². The van der Waals surface area contributed by atoms with Gasteiger partial charge in [0.25, 0.3) is 0 Å². The smallest absolute Gasteiger partial charge is 0.188 e. The van der Waals surface area contributed by atoms with Gasteiger partial charge in [-0.05, 0) is 41.5 Å². The van der Waals surface area contributed by atoms with Gasteiger partial charge in [0.2, 0.25) is 0 Å². The first-order chi connectivity index (χ1) is 19.5. The number of methoxy groups -OCH3 is 1. The minimum Gasteiger partial charge on any atom is -0.497 e. The van der Waals surface area contributed by atoms with E-state index in [-0.39, 0.29) is 17.1 Å². The van der Waals surface area contributed by atoms with Crippen molar-refractivity contribution in [1.29, 1.82) is 0 Å². The summed E-state index contributed by atoms with van der Waals surface area (Å²) in [5.41, 5.74) is 1.18. The van der Waals surface area contributed by atoms with Gasteiger partial charge < -0.3 is 9.64 Å². The van der Waals surface area contributed by atoms with Crippen LogP contribution in [0, 0.1) is 11.2 Å². The molecule has 5 nitrogen and oxygen atoms in total. The number of hydrogen-bond acceptors (Lipinski definition) is 5. The van der Waals surface area contributed by atoms with Crippen molar-refractivity contribution in [3.63, 3.8) is 0 Å². The summed E-state index contributed by atoms with van der Waals surface area (Å²) < 4.78 is 20.5. The second kappa shape index (κ2) is 8.85. The molecule has 0 N–H and O–H groups in total. The molecule has 40 heavy (non-hydrogen) atoms. The van der Waals surface area contributed by atoms with Crippen molar-refractivity contribution in [1.82, 2.24) is 0 Å². The van der Waals surface area contributed by atoms with Crippen LogP contribution in [0.3, 0.4) is 0 Å². The highest BCUT2D eigenvalue weighted by Gasteiger charge is 2.71. The molecule has 0 saturated carbocycles. The minimum atomic E-state index is -1.63. The van der Waals surface area contributed by atoms with E-state index in [1.165, 1.54) is 18.2 Å². The summed E-state index contributed by atoms with van der Waals surface area (Å²) in [6.07, 6.45) is 3.76. The van der Waals surface area contributed by atoms with E-state index in [9.17, 15) is 14.4 Å². The molecule has 2 heterocycles. The number of halogens is 1. The second-order valence-corrected chi connectivity index (χ2v) is 10.4. The van der Waals surface area contributed by atoms with Crippen LogP contribution in [0.2, 0.25) is 0 Å². The maximum absolute atomic E-state index is 15.2. The molecular weight excluding hydrogens is 505 g/mol. The van der Waals surface area contributed by atoms with Gasteiger partial charge >= 0.3 is 0 Å². The molecule has 4 aromatic carbocycles. The van der Waals surface area contributed by atoms with Gasteiger partial charge in [-0.1, -0.05) is 78.9 Å². The zero-order valence-electron chi connectivity index (χ0n) is 21.6. The molecule has 0 aromatic heterocycles. The number of Topliss-reactive ketones (excluding diaryl/α,β-unsaturated/α-hetero) is 3. The first-order valence-corrected chi connectivity index (χ1v) is 13.2. The van der Waals surface area contributed by atoms with Gasteiger partial charge in [-0.2, -0.15) is 0 Å². The molecule has 1 saturated heterocycles. The lowest BCUT2D eigenvalue weighted by atomic mass is 9.64. The number of ketones is 3. The first-order valence-electron chi connectivity index (χ1n) is 13.2. The molecule has 0 amide bonds. The minimum absolute atomic E-state index is 0.0794. The number of anilines is 1. The number of rotatable bonds is 4. The van der Waals surface area contributed by atoms with Gasteiger partial charge in [0.15, 0.2) is 17.3 Å². The Kier molecular flexibility index (Phi) is 5.36. The van der Waals surface area contributed by atoms with Crippen LogP contribution in [0.15, 0.2) is 103 Å². The summed E-state index contributed by atoms with van der Waals surface area (Å²) in [5, 5.41) is 0. The van der Waals surface area contributed by atoms with Gasteiger partial charge in [-0.25, -0.2) is 4.39 Å². The summed E-state index contributed by atoms with van der Waals surface area (Å²) in [4.78, 5) is 45.6. The Labute approximate surface area is 230 Å². The first kappa shape index (κ1) is 24.2. The third-order valence-corrected chi connectivity index (χ3v) is 8.60. The highest BCUT2D eigenvalue weighted by Crippen LogP contribution is 2.61. The molecular formula is C34H24FNO4. The van der Waals surface area contributed by atoms with Crippen LogP contribution < -0.4 is 9.64 Å². The Morgan fingerprint density at radius 2 is 1.45 bits per heavy atom. The fraction of sp³-hybridized carbons (Fsp3) is 0.147. The molecule has 7 rings (SSSR count). The maximum Gasteiger partial charge on any atom is 0.188 e. The summed E-state index contributed by atoms with van der Waals surface area (Å²) in [5.74, 6) is -2.08. The predicted octanol–water partition coefficient (Wildman–Crippen LogP) is 6.15. The Balaban J connectivity index is 1.55. The fourth-order valence-electron chi connectivity index (χ4n) is 6.92. The lowest BCUT2D eigenvalue weighted by Crippen LogP contribution is -2.48. The Bertz CT molecular complexity index is 1710. The average Bonchev–Trinajstić information content (AvgIpc) is 3.43. The van der Waals surface area contributed by atoms with Gasteiger partial charge in [0.05, 0.1) is 18.7 Å². The number of fused-ring (bicyclic) bond motifs is 5. The van der Waals surface area contributed by atoms with E-state index in [0.717, 1.165) is 11.3 Å². The summed E-state index contributed by atoms with van der Waals surface area (Å²) in [7, 11) is 1.55. The molecule has 3 aliphatic rings. The number of benzene rings is 4. The van der Waals surface area contributed by atoms with E-state index in [0.29, 0.717) is 22.4 Å². The lowest BCUT2D eigenvalue weighted by Gasteiger charge is -2.37. The second-order valence-electron chi connectivity index (χ2n) is 10.4. The zero-order chi connectivity index (χ0) is 27.6. The summed E-state index contributed by atoms with van der Waals surface area (Å²) in [6.45, 7) is 0. The van der Waals surface area contributed by atoms with Gasteiger partial charge in [0.1, 0.15) is 23.0 Å². The molecule has 1 spiro atoms. The van der Waals surface area contributed by atoms with E-state index in [1.54, 1.807) is 61.7 Å². The largest absolute Gasteiger partial charge is 0.497 e. The van der Waals surface area contributed by atoms with E-state index in [2.05, 4.69) is 0 Å². The molecule has 0 unspecified atom stereocenters. The van der Waals surface area contributed by atoms with Crippen LogP contribution in [0.25, 0.3) is 6.08 Å². The average molecular weight is 530 g/mol. The van der Waals surface area contributed by atoms with E-state index < -0.39 is 35.0 Å². The van der Waals surface area contributed by atoms with Crippen molar-refractivity contribution in [3.05, 3.63) is 137 Å². The topological polar surface area (TPSA) is 63.7 Å². The number of carbonyl (C=O) groups excluding carboxylic acids is 3. The van der Waals surface area contributed by atoms with Gasteiger partial charge in [-0.3, -0.25) is 14.4 Å². The third kappa shape index (κ3) is 3.10. The van der Waals surface area contributed by atoms with Gasteiger partial charge in [-0.15, -0.1) is 0 Å². The lowest BCUT2D eigenvalue weighted by molar-refractivity contribution is 0.0666. The third-order valence-electron chi connectivity index (χ3n) is 8.60. The standard InChI is InChI=1S/C34H24FNO4/c1-40-22-17-14-21(15-18-22)29-30(31(37)25-11-5-6-12-26(25)35)36-27-13-7-2-8-20(27)16-19-28(36)34(29)32(38)23-9-3-4-10-24(23)33(34)39/h2-19,28-30H,1H3/t28-,29+,30-/m0/s1. The van der Waals surface area contributed by atoms with Crippen LogP contribution in [0.5, 0.6) is 5.75 Å².